The summed E-state index contributed by atoms with van der Waals surface area (Å²) < 4.78 is 45.2. The van der Waals surface area contributed by atoms with E-state index in [1.165, 1.54) is 24.3 Å². The maximum atomic E-state index is 13.2. The van der Waals surface area contributed by atoms with Crippen LogP contribution in [0, 0.1) is 0 Å². The molecule has 2 heterocycles. The topological polar surface area (TPSA) is 70.8 Å². The highest BCUT2D eigenvalue weighted by atomic mass is 35.5. The molecule has 0 aliphatic carbocycles. The van der Waals surface area contributed by atoms with Crippen LogP contribution < -0.4 is 0 Å². The van der Waals surface area contributed by atoms with Crippen LogP contribution in [-0.4, -0.2) is 26.2 Å². The number of amides is 1. The Morgan fingerprint density at radius 2 is 1.85 bits per heavy atom. The molecule has 0 radical (unpaired) electrons. The zero-order valence-electron chi connectivity index (χ0n) is 16.9. The summed E-state index contributed by atoms with van der Waals surface area (Å²) in [7, 11) is 0. The minimum Gasteiger partial charge on any atom is -0.479 e. The normalized spacial score (nSPS) is 16.4. The number of hydrogen-bond acceptors (Lipinski definition) is 5. The predicted octanol–water partition coefficient (Wildman–Crippen LogP) is 6.65. The molecule has 1 aliphatic rings. The monoisotopic (exact) mass is 523 g/mol. The van der Waals surface area contributed by atoms with E-state index in [-0.39, 0.29) is 26.3 Å². The maximum absolute atomic E-state index is 13.2. The molecule has 1 amide bonds. The van der Waals surface area contributed by atoms with Gasteiger partial charge in [0, 0.05) is 11.6 Å². The zero-order chi connectivity index (χ0) is 24.6. The van der Waals surface area contributed by atoms with Gasteiger partial charge in [-0.15, -0.1) is 0 Å². The van der Waals surface area contributed by atoms with Gasteiger partial charge >= 0.3 is 12.1 Å². The lowest BCUT2D eigenvalue weighted by Crippen LogP contribution is -2.37. The van der Waals surface area contributed by atoms with Gasteiger partial charge in [-0.05, 0) is 35.9 Å². The third kappa shape index (κ3) is 4.75. The molecule has 0 saturated carbocycles. The molecule has 1 saturated heterocycles. The minimum absolute atomic E-state index is 0.0619. The van der Waals surface area contributed by atoms with E-state index in [4.69, 9.17) is 28.2 Å². The summed E-state index contributed by atoms with van der Waals surface area (Å²) in [6.45, 7) is 0. The third-order valence-corrected chi connectivity index (χ3v) is 6.55. The van der Waals surface area contributed by atoms with Crippen molar-refractivity contribution < 1.29 is 32.3 Å². The first-order valence-corrected chi connectivity index (χ1v) is 11.2. The van der Waals surface area contributed by atoms with Crippen molar-refractivity contribution in [3.63, 3.8) is 0 Å². The Morgan fingerprint density at radius 3 is 2.50 bits per heavy atom. The van der Waals surface area contributed by atoms with Gasteiger partial charge < -0.3 is 9.52 Å². The Morgan fingerprint density at radius 1 is 1.15 bits per heavy atom. The standard InChI is InChI=1S/C23H13ClF3NO4S2/c24-16-8-6-13(10-15(16)23(25,26)27)17-9-7-14(32-17)11-18-20(29)28(22(33)34-18)19(21(30)31)12-4-2-1-3-5-12/h1-11,19H,(H,30,31)/b18-11-. The van der Waals surface area contributed by atoms with E-state index in [9.17, 15) is 27.9 Å². The number of furan rings is 1. The maximum Gasteiger partial charge on any atom is 0.417 e. The number of thioether (sulfide) groups is 1. The van der Waals surface area contributed by atoms with E-state index in [0.29, 0.717) is 5.56 Å². The summed E-state index contributed by atoms with van der Waals surface area (Å²) in [6, 6.07) is 13.2. The number of carbonyl (C=O) groups is 2. The summed E-state index contributed by atoms with van der Waals surface area (Å²) in [5.41, 5.74) is -0.457. The molecule has 1 aromatic heterocycles. The first-order chi connectivity index (χ1) is 16.1. The Labute approximate surface area is 205 Å². The number of halogens is 4. The number of hydrogen-bond donors (Lipinski definition) is 1. The molecule has 34 heavy (non-hydrogen) atoms. The molecule has 0 spiro atoms. The number of thiocarbonyl (C=S) groups is 1. The number of benzene rings is 2. The number of alkyl halides is 3. The second-order valence-corrected chi connectivity index (χ2v) is 9.18. The van der Waals surface area contributed by atoms with Gasteiger partial charge in [0.15, 0.2) is 6.04 Å². The number of nitrogens with zero attached hydrogens (tertiary/aromatic N) is 1. The van der Waals surface area contributed by atoms with Gasteiger partial charge in [0.25, 0.3) is 5.91 Å². The Hall–Kier alpha value is -3.08. The van der Waals surface area contributed by atoms with Crippen LogP contribution in [0.3, 0.4) is 0 Å². The molecule has 1 atom stereocenters. The van der Waals surface area contributed by atoms with Gasteiger partial charge in [-0.2, -0.15) is 13.2 Å². The van der Waals surface area contributed by atoms with Gasteiger partial charge in [0.1, 0.15) is 15.8 Å². The van der Waals surface area contributed by atoms with Crippen LogP contribution in [0.25, 0.3) is 17.4 Å². The van der Waals surface area contributed by atoms with Gasteiger partial charge in [-0.3, -0.25) is 9.69 Å². The van der Waals surface area contributed by atoms with E-state index in [1.807, 2.05) is 0 Å². The van der Waals surface area contributed by atoms with Crippen LogP contribution in [0.1, 0.15) is 22.9 Å². The fraction of sp³-hybridized carbons (Fsp3) is 0.0870. The Kier molecular flexibility index (Phi) is 6.57. The molecule has 11 heteroatoms. The summed E-state index contributed by atoms with van der Waals surface area (Å²) in [5, 5.41) is 9.30. The molecule has 1 fully saturated rings. The molecule has 4 rings (SSSR count). The van der Waals surface area contributed by atoms with Crippen LogP contribution in [0.5, 0.6) is 0 Å². The van der Waals surface area contributed by atoms with Gasteiger partial charge in [-0.25, -0.2) is 4.79 Å². The number of carboxylic acids is 1. The predicted molar refractivity (Wildman–Crippen MR) is 126 cm³/mol. The number of carbonyl (C=O) groups excluding carboxylic acids is 1. The number of aliphatic carboxylic acids is 1. The highest BCUT2D eigenvalue weighted by molar-refractivity contribution is 8.26. The van der Waals surface area contributed by atoms with Crippen molar-refractivity contribution in [1.29, 1.82) is 0 Å². The van der Waals surface area contributed by atoms with E-state index >= 15 is 0 Å². The van der Waals surface area contributed by atoms with Crippen molar-refractivity contribution >= 4 is 57.9 Å². The second kappa shape index (κ2) is 9.28. The quantitative estimate of drug-likeness (QED) is 0.298. The second-order valence-electron chi connectivity index (χ2n) is 7.10. The molecular formula is C23H13ClF3NO4S2. The lowest BCUT2D eigenvalue weighted by Gasteiger charge is -2.23. The van der Waals surface area contributed by atoms with E-state index < -0.39 is 34.7 Å². The van der Waals surface area contributed by atoms with Gasteiger partial charge in [0.2, 0.25) is 0 Å². The molecule has 0 bridgehead atoms. The third-order valence-electron chi connectivity index (χ3n) is 4.89. The minimum atomic E-state index is -4.63. The first kappa shape index (κ1) is 24.1. The molecule has 174 valence electrons. The van der Waals surface area contributed by atoms with Crippen molar-refractivity contribution in [3.05, 3.63) is 87.5 Å². The van der Waals surface area contributed by atoms with Crippen LogP contribution in [0.4, 0.5) is 13.2 Å². The molecule has 1 unspecified atom stereocenters. The first-order valence-electron chi connectivity index (χ1n) is 9.58. The largest absolute Gasteiger partial charge is 0.479 e. The van der Waals surface area contributed by atoms with E-state index in [0.717, 1.165) is 28.8 Å². The van der Waals surface area contributed by atoms with E-state index in [2.05, 4.69) is 0 Å². The highest BCUT2D eigenvalue weighted by Gasteiger charge is 2.41. The summed E-state index contributed by atoms with van der Waals surface area (Å²) in [4.78, 5) is 26.1. The fourth-order valence-electron chi connectivity index (χ4n) is 3.35. The zero-order valence-corrected chi connectivity index (χ0v) is 19.3. The van der Waals surface area contributed by atoms with Crippen LogP contribution in [-0.2, 0) is 15.8 Å². The van der Waals surface area contributed by atoms with Gasteiger partial charge in [-0.1, -0.05) is 65.9 Å². The smallest absolute Gasteiger partial charge is 0.417 e. The number of rotatable bonds is 5. The van der Waals surface area contributed by atoms with Crippen LogP contribution >= 0.6 is 35.6 Å². The number of carboxylic acid groups (broad SMARTS) is 1. The van der Waals surface area contributed by atoms with Crippen molar-refractivity contribution in [2.24, 2.45) is 0 Å². The fourth-order valence-corrected chi connectivity index (χ4v) is 4.87. The Bertz CT molecular complexity index is 1320. The van der Waals surface area contributed by atoms with Crippen molar-refractivity contribution in [1.82, 2.24) is 4.90 Å². The average Bonchev–Trinajstić information content (AvgIpc) is 3.34. The lowest BCUT2D eigenvalue weighted by molar-refractivity contribution is -0.145. The van der Waals surface area contributed by atoms with Gasteiger partial charge in [0.05, 0.1) is 15.5 Å². The Balaban J connectivity index is 1.63. The van der Waals surface area contributed by atoms with Crippen LogP contribution in [0.2, 0.25) is 5.02 Å². The SMILES string of the molecule is O=C(O)C(c1ccccc1)N1C(=O)/C(=C/c2ccc(-c3ccc(Cl)c(C(F)(F)F)c3)o2)SC1=S. The lowest BCUT2D eigenvalue weighted by atomic mass is 10.1. The molecule has 1 aliphatic heterocycles. The molecular weight excluding hydrogens is 511 g/mol. The summed E-state index contributed by atoms with van der Waals surface area (Å²) in [6.07, 6.45) is -3.26. The molecule has 5 nitrogen and oxygen atoms in total. The van der Waals surface area contributed by atoms with Crippen LogP contribution in [0.15, 0.2) is 70.0 Å². The molecule has 3 aromatic rings. The van der Waals surface area contributed by atoms with Crippen molar-refractivity contribution in [2.75, 3.05) is 0 Å². The summed E-state index contributed by atoms with van der Waals surface area (Å²) in [5.74, 6) is -1.54. The molecule has 1 N–H and O–H groups in total. The summed E-state index contributed by atoms with van der Waals surface area (Å²) >= 11 is 11.8. The molecule has 2 aromatic carbocycles. The van der Waals surface area contributed by atoms with Crippen molar-refractivity contribution in [3.8, 4) is 11.3 Å². The highest BCUT2D eigenvalue weighted by Crippen LogP contribution is 2.40. The van der Waals surface area contributed by atoms with Crippen molar-refractivity contribution in [2.45, 2.75) is 12.2 Å². The average molecular weight is 524 g/mol. The van der Waals surface area contributed by atoms with E-state index in [1.54, 1.807) is 30.3 Å².